The minimum atomic E-state index is -3.80. The van der Waals surface area contributed by atoms with Gasteiger partial charge in [0.1, 0.15) is 5.82 Å². The molecule has 0 heterocycles. The van der Waals surface area contributed by atoms with Crippen LogP contribution in [0.5, 0.6) is 0 Å². The highest BCUT2D eigenvalue weighted by molar-refractivity contribution is 7.89. The Bertz CT molecular complexity index is 1210. The first-order chi connectivity index (χ1) is 15.3. The fraction of sp³-hybridized carbons (Fsp3) is 0.217. The normalized spacial score (nSPS) is 12.3. The van der Waals surface area contributed by atoms with Crippen molar-refractivity contribution < 1.29 is 27.1 Å². The Morgan fingerprint density at radius 1 is 1.00 bits per heavy atom. The maximum absolute atomic E-state index is 13.2. The van der Waals surface area contributed by atoms with Gasteiger partial charge >= 0.3 is 5.97 Å². The summed E-state index contributed by atoms with van der Waals surface area (Å²) >= 11 is 0. The lowest BCUT2D eigenvalue weighted by Gasteiger charge is -2.18. The number of benzene rings is 3. The summed E-state index contributed by atoms with van der Waals surface area (Å²) in [5, 5.41) is 4.38. The molecular weight excluding hydrogens is 435 g/mol. The van der Waals surface area contributed by atoms with E-state index < -0.39 is 33.8 Å². The number of halogens is 1. The first kappa shape index (κ1) is 23.4. The molecule has 1 amide bonds. The fourth-order valence-electron chi connectivity index (χ4n) is 3.18. The highest BCUT2D eigenvalue weighted by atomic mass is 32.2. The van der Waals surface area contributed by atoms with E-state index >= 15 is 0 Å². The van der Waals surface area contributed by atoms with Crippen molar-refractivity contribution >= 4 is 32.7 Å². The Labute approximate surface area is 185 Å². The van der Waals surface area contributed by atoms with Gasteiger partial charge in [-0.15, -0.1) is 0 Å². The maximum atomic E-state index is 13.2. The van der Waals surface area contributed by atoms with Gasteiger partial charge in [-0.1, -0.05) is 42.5 Å². The molecule has 3 aromatic carbocycles. The topological polar surface area (TPSA) is 102 Å². The van der Waals surface area contributed by atoms with Crippen LogP contribution in [0.2, 0.25) is 0 Å². The summed E-state index contributed by atoms with van der Waals surface area (Å²) in [6.07, 6.45) is -0.289. The van der Waals surface area contributed by atoms with Crippen LogP contribution in [0, 0.1) is 5.82 Å². The van der Waals surface area contributed by atoms with Crippen LogP contribution < -0.4 is 10.0 Å². The number of amides is 1. The smallest absolute Gasteiger partial charge is 0.307 e. The van der Waals surface area contributed by atoms with E-state index in [0.29, 0.717) is 5.56 Å². The van der Waals surface area contributed by atoms with Crippen molar-refractivity contribution in [2.45, 2.75) is 23.8 Å². The van der Waals surface area contributed by atoms with Gasteiger partial charge in [0.15, 0.2) is 0 Å². The van der Waals surface area contributed by atoms with Crippen LogP contribution in [0.3, 0.4) is 0 Å². The van der Waals surface area contributed by atoms with Crippen molar-refractivity contribution in [1.29, 1.82) is 0 Å². The third kappa shape index (κ3) is 6.12. The quantitative estimate of drug-likeness (QED) is 0.480. The molecule has 0 radical (unpaired) electrons. The van der Waals surface area contributed by atoms with E-state index in [1.165, 1.54) is 37.4 Å². The molecule has 9 heteroatoms. The van der Waals surface area contributed by atoms with E-state index in [4.69, 9.17) is 0 Å². The van der Waals surface area contributed by atoms with Crippen molar-refractivity contribution in [1.82, 2.24) is 10.0 Å². The molecule has 3 rings (SSSR count). The number of nitrogens with one attached hydrogen (secondary N) is 2. The van der Waals surface area contributed by atoms with Gasteiger partial charge in [-0.25, -0.2) is 17.5 Å². The predicted octanol–water partition coefficient (Wildman–Crippen LogP) is 3.07. The fourth-order valence-corrected chi connectivity index (χ4v) is 4.25. The molecule has 0 aromatic heterocycles. The van der Waals surface area contributed by atoms with Gasteiger partial charge in [0.2, 0.25) is 15.9 Å². The molecule has 0 saturated carbocycles. The lowest BCUT2D eigenvalue weighted by molar-refractivity contribution is -0.141. The molecule has 32 heavy (non-hydrogen) atoms. The van der Waals surface area contributed by atoms with Crippen LogP contribution in [0.25, 0.3) is 10.8 Å². The summed E-state index contributed by atoms with van der Waals surface area (Å²) in [6, 6.07) is 16.8. The van der Waals surface area contributed by atoms with E-state index in [1.807, 2.05) is 24.3 Å². The highest BCUT2D eigenvalue weighted by Gasteiger charge is 2.20. The third-order valence-electron chi connectivity index (χ3n) is 4.88. The molecule has 1 unspecified atom stereocenters. The van der Waals surface area contributed by atoms with Crippen LogP contribution in [0.15, 0.2) is 71.6 Å². The molecule has 0 spiro atoms. The minimum Gasteiger partial charge on any atom is -0.469 e. The van der Waals surface area contributed by atoms with Gasteiger partial charge in [0, 0.05) is 13.0 Å². The zero-order valence-corrected chi connectivity index (χ0v) is 18.2. The van der Waals surface area contributed by atoms with Crippen LogP contribution in [0.4, 0.5) is 4.39 Å². The molecular formula is C23H23FN2O5S. The second-order valence-corrected chi connectivity index (χ2v) is 8.88. The summed E-state index contributed by atoms with van der Waals surface area (Å²) in [4.78, 5) is 24.2. The number of carbonyl (C=O) groups is 2. The first-order valence-corrected chi connectivity index (χ1v) is 11.4. The number of hydrogen-bond acceptors (Lipinski definition) is 5. The summed E-state index contributed by atoms with van der Waals surface area (Å²) in [5.41, 5.74) is 0.530. The SMILES string of the molecule is COC(=O)CC(NC(=O)CCNS(=O)(=O)c1ccc2ccccc2c1)c1ccc(F)cc1. The number of sulfonamides is 1. The van der Waals surface area contributed by atoms with E-state index in [0.717, 1.165) is 10.8 Å². The molecule has 0 aliphatic rings. The molecule has 0 saturated heterocycles. The zero-order valence-electron chi connectivity index (χ0n) is 17.4. The molecule has 7 nitrogen and oxygen atoms in total. The molecule has 0 aliphatic carbocycles. The van der Waals surface area contributed by atoms with Gasteiger partial charge in [-0.05, 0) is 40.6 Å². The molecule has 0 bridgehead atoms. The van der Waals surface area contributed by atoms with Gasteiger partial charge in [-0.3, -0.25) is 9.59 Å². The zero-order chi connectivity index (χ0) is 23.1. The Balaban J connectivity index is 1.61. The molecule has 3 aromatic rings. The molecule has 0 fully saturated rings. The second-order valence-electron chi connectivity index (χ2n) is 7.11. The average molecular weight is 459 g/mol. The van der Waals surface area contributed by atoms with Gasteiger partial charge in [0.05, 0.1) is 24.5 Å². The van der Waals surface area contributed by atoms with E-state index in [9.17, 15) is 22.4 Å². The minimum absolute atomic E-state index is 0.103. The number of hydrogen-bond donors (Lipinski definition) is 2. The summed E-state index contributed by atoms with van der Waals surface area (Å²) < 4.78 is 45.4. The van der Waals surface area contributed by atoms with Gasteiger partial charge in [-0.2, -0.15) is 0 Å². The van der Waals surface area contributed by atoms with Gasteiger partial charge < -0.3 is 10.1 Å². The van der Waals surface area contributed by atoms with E-state index in [1.54, 1.807) is 12.1 Å². The Morgan fingerprint density at radius 3 is 2.38 bits per heavy atom. The lowest BCUT2D eigenvalue weighted by Crippen LogP contribution is -2.34. The van der Waals surface area contributed by atoms with Crippen molar-refractivity contribution in [3.8, 4) is 0 Å². The summed E-state index contributed by atoms with van der Waals surface area (Å²) in [7, 11) is -2.57. The maximum Gasteiger partial charge on any atom is 0.307 e. The highest BCUT2D eigenvalue weighted by Crippen LogP contribution is 2.20. The molecule has 168 valence electrons. The Morgan fingerprint density at radius 2 is 1.69 bits per heavy atom. The first-order valence-electron chi connectivity index (χ1n) is 9.88. The van der Waals surface area contributed by atoms with Crippen LogP contribution in [0.1, 0.15) is 24.4 Å². The average Bonchev–Trinajstić information content (AvgIpc) is 2.78. The number of ether oxygens (including phenoxy) is 1. The summed E-state index contributed by atoms with van der Waals surface area (Å²) in [5.74, 6) is -1.46. The molecule has 0 aliphatic heterocycles. The largest absolute Gasteiger partial charge is 0.469 e. The van der Waals surface area contributed by atoms with Crippen LogP contribution in [-0.2, 0) is 24.3 Å². The van der Waals surface area contributed by atoms with Crippen molar-refractivity contribution in [2.75, 3.05) is 13.7 Å². The van der Waals surface area contributed by atoms with Crippen LogP contribution in [-0.4, -0.2) is 33.9 Å². The lowest BCUT2D eigenvalue weighted by atomic mass is 10.0. The monoisotopic (exact) mass is 458 g/mol. The number of methoxy groups -OCH3 is 1. The predicted molar refractivity (Wildman–Crippen MR) is 118 cm³/mol. The van der Waals surface area contributed by atoms with E-state index in [-0.39, 0.29) is 24.3 Å². The number of rotatable bonds is 9. The number of esters is 1. The Kier molecular flexibility index (Phi) is 7.55. The summed E-state index contributed by atoms with van der Waals surface area (Å²) in [6.45, 7) is -0.130. The number of carbonyl (C=O) groups excluding carboxylic acids is 2. The van der Waals surface area contributed by atoms with E-state index in [2.05, 4.69) is 14.8 Å². The van der Waals surface area contributed by atoms with Crippen LogP contribution >= 0.6 is 0 Å². The van der Waals surface area contributed by atoms with Crippen molar-refractivity contribution in [2.24, 2.45) is 0 Å². The van der Waals surface area contributed by atoms with Crippen molar-refractivity contribution in [3.63, 3.8) is 0 Å². The molecule has 2 N–H and O–H groups in total. The van der Waals surface area contributed by atoms with Gasteiger partial charge in [0.25, 0.3) is 0 Å². The number of fused-ring (bicyclic) bond motifs is 1. The standard InChI is InChI=1S/C23H23FN2O5S/c1-31-23(28)15-21(17-6-9-19(24)10-7-17)26-22(27)12-13-25-32(29,30)20-11-8-16-4-2-3-5-18(16)14-20/h2-11,14,21,25H,12-13,15H2,1H3,(H,26,27). The molecule has 1 atom stereocenters. The van der Waals surface area contributed by atoms with Crippen molar-refractivity contribution in [3.05, 3.63) is 78.1 Å². The third-order valence-corrected chi connectivity index (χ3v) is 6.34. The second kappa shape index (κ2) is 10.3. The Hall–Kier alpha value is -3.30.